The van der Waals surface area contributed by atoms with E-state index in [9.17, 15) is 10.1 Å². The SMILES string of the molecule is CCNC1CC(Oc2c(Br)cccc2[N+](=O)[O-])C1(C)CC. The highest BCUT2D eigenvalue weighted by atomic mass is 79.9. The van der Waals surface area contributed by atoms with Gasteiger partial charge in [-0.15, -0.1) is 0 Å². The Morgan fingerprint density at radius 3 is 2.81 bits per heavy atom. The summed E-state index contributed by atoms with van der Waals surface area (Å²) in [7, 11) is 0. The van der Waals surface area contributed by atoms with Crippen LogP contribution in [0.25, 0.3) is 0 Å². The lowest BCUT2D eigenvalue weighted by Gasteiger charge is -2.53. The van der Waals surface area contributed by atoms with Gasteiger partial charge in [-0.1, -0.05) is 26.8 Å². The second kappa shape index (κ2) is 6.32. The summed E-state index contributed by atoms with van der Waals surface area (Å²) >= 11 is 3.36. The van der Waals surface area contributed by atoms with Gasteiger partial charge in [0.15, 0.2) is 0 Å². The first-order chi connectivity index (χ1) is 9.93. The third-order valence-electron chi connectivity index (χ3n) is 4.60. The molecule has 1 aromatic carbocycles. The normalized spacial score (nSPS) is 28.0. The molecule has 1 aromatic rings. The molecule has 3 unspecified atom stereocenters. The summed E-state index contributed by atoms with van der Waals surface area (Å²) in [6, 6.07) is 5.30. The number of hydrogen-bond donors (Lipinski definition) is 1. The van der Waals surface area contributed by atoms with E-state index in [1.54, 1.807) is 12.1 Å². The number of nitrogens with one attached hydrogen (secondary N) is 1. The van der Waals surface area contributed by atoms with Crippen molar-refractivity contribution in [3.8, 4) is 5.75 Å². The molecule has 1 aliphatic rings. The lowest BCUT2D eigenvalue weighted by molar-refractivity contribution is -0.386. The largest absolute Gasteiger partial charge is 0.482 e. The van der Waals surface area contributed by atoms with Gasteiger partial charge in [-0.2, -0.15) is 0 Å². The predicted molar refractivity (Wildman–Crippen MR) is 85.7 cm³/mol. The topological polar surface area (TPSA) is 64.4 Å². The van der Waals surface area contributed by atoms with Crippen LogP contribution in [0.2, 0.25) is 0 Å². The van der Waals surface area contributed by atoms with Crippen molar-refractivity contribution < 1.29 is 9.66 Å². The molecule has 0 spiro atoms. The Labute approximate surface area is 133 Å². The van der Waals surface area contributed by atoms with E-state index < -0.39 is 4.92 Å². The summed E-state index contributed by atoms with van der Waals surface area (Å²) in [5, 5.41) is 14.6. The molecule has 1 saturated carbocycles. The van der Waals surface area contributed by atoms with Gasteiger partial charge in [0, 0.05) is 23.9 Å². The van der Waals surface area contributed by atoms with Gasteiger partial charge < -0.3 is 10.1 Å². The van der Waals surface area contributed by atoms with Crippen molar-refractivity contribution in [1.82, 2.24) is 5.32 Å². The van der Waals surface area contributed by atoms with Gasteiger partial charge in [-0.25, -0.2) is 0 Å². The van der Waals surface area contributed by atoms with Crippen LogP contribution in [0, 0.1) is 15.5 Å². The minimum Gasteiger partial charge on any atom is -0.482 e. The Kier molecular flexibility index (Phi) is 4.88. The minimum atomic E-state index is -0.399. The van der Waals surface area contributed by atoms with E-state index in [2.05, 4.69) is 42.0 Å². The van der Waals surface area contributed by atoms with E-state index in [0.717, 1.165) is 19.4 Å². The van der Waals surface area contributed by atoms with Crippen LogP contribution in [0.5, 0.6) is 5.75 Å². The molecule has 1 fully saturated rings. The van der Waals surface area contributed by atoms with Crippen LogP contribution < -0.4 is 10.1 Å². The van der Waals surface area contributed by atoms with Gasteiger partial charge in [0.1, 0.15) is 6.10 Å². The molecule has 0 amide bonds. The third kappa shape index (κ3) is 2.92. The molecule has 2 rings (SSSR count). The summed E-state index contributed by atoms with van der Waals surface area (Å²) in [6.07, 6.45) is 1.83. The van der Waals surface area contributed by atoms with E-state index in [0.29, 0.717) is 16.3 Å². The number of halogens is 1. The minimum absolute atomic E-state index is 0.000833. The summed E-state index contributed by atoms with van der Waals surface area (Å²) in [5.74, 6) is 0.335. The highest BCUT2D eigenvalue weighted by Crippen LogP contribution is 2.48. The fourth-order valence-corrected chi connectivity index (χ4v) is 3.39. The Morgan fingerprint density at radius 2 is 2.24 bits per heavy atom. The van der Waals surface area contributed by atoms with Crippen LogP contribution in [0.3, 0.4) is 0 Å². The van der Waals surface area contributed by atoms with Gasteiger partial charge in [-0.3, -0.25) is 10.1 Å². The van der Waals surface area contributed by atoms with E-state index in [1.807, 2.05) is 0 Å². The fourth-order valence-electron chi connectivity index (χ4n) is 2.94. The number of rotatable bonds is 6. The molecule has 21 heavy (non-hydrogen) atoms. The number of nitro benzene ring substituents is 1. The van der Waals surface area contributed by atoms with Gasteiger partial charge in [-0.05, 0) is 35.0 Å². The van der Waals surface area contributed by atoms with E-state index >= 15 is 0 Å². The first kappa shape index (κ1) is 16.2. The maximum atomic E-state index is 11.2. The molecule has 0 radical (unpaired) electrons. The van der Waals surface area contributed by atoms with Crippen LogP contribution in [0.15, 0.2) is 22.7 Å². The van der Waals surface area contributed by atoms with Crippen molar-refractivity contribution in [2.75, 3.05) is 6.54 Å². The van der Waals surface area contributed by atoms with Crippen molar-refractivity contribution in [3.63, 3.8) is 0 Å². The van der Waals surface area contributed by atoms with Gasteiger partial charge >= 0.3 is 5.69 Å². The lowest BCUT2D eigenvalue weighted by atomic mass is 9.61. The number of benzene rings is 1. The van der Waals surface area contributed by atoms with Crippen LogP contribution in [-0.2, 0) is 0 Å². The van der Waals surface area contributed by atoms with Crippen molar-refractivity contribution >= 4 is 21.6 Å². The zero-order valence-electron chi connectivity index (χ0n) is 12.6. The highest BCUT2D eigenvalue weighted by Gasteiger charge is 2.52. The first-order valence-electron chi connectivity index (χ1n) is 7.27. The molecule has 0 aromatic heterocycles. The maximum absolute atomic E-state index is 11.2. The monoisotopic (exact) mass is 356 g/mol. The lowest BCUT2D eigenvalue weighted by Crippen LogP contribution is -2.63. The number of para-hydroxylation sites is 1. The molecule has 0 aliphatic heterocycles. The van der Waals surface area contributed by atoms with Gasteiger partial charge in [0.25, 0.3) is 0 Å². The number of ether oxygens (including phenoxy) is 1. The summed E-state index contributed by atoms with van der Waals surface area (Å²) in [6.45, 7) is 7.32. The predicted octanol–water partition coefficient (Wildman–Crippen LogP) is 3.90. The molecule has 116 valence electrons. The molecule has 0 heterocycles. The van der Waals surface area contributed by atoms with E-state index in [1.165, 1.54) is 6.07 Å². The highest BCUT2D eigenvalue weighted by molar-refractivity contribution is 9.10. The van der Waals surface area contributed by atoms with Crippen molar-refractivity contribution in [1.29, 1.82) is 0 Å². The Morgan fingerprint density at radius 1 is 1.52 bits per heavy atom. The van der Waals surface area contributed by atoms with Crippen LogP contribution in [-0.4, -0.2) is 23.6 Å². The van der Waals surface area contributed by atoms with Crippen molar-refractivity contribution in [2.24, 2.45) is 5.41 Å². The third-order valence-corrected chi connectivity index (χ3v) is 5.22. The maximum Gasteiger partial charge on any atom is 0.312 e. The zero-order valence-corrected chi connectivity index (χ0v) is 14.1. The van der Waals surface area contributed by atoms with Crippen LogP contribution >= 0.6 is 15.9 Å². The number of hydrogen-bond acceptors (Lipinski definition) is 4. The standard InChI is InChI=1S/C15H21BrN2O3/c1-4-15(3)12(17-5-2)9-13(15)21-14-10(16)7-6-8-11(14)18(19)20/h6-8,12-13,17H,4-5,9H2,1-3H3. The Balaban J connectivity index is 2.22. The van der Waals surface area contributed by atoms with Gasteiger partial charge in [0.2, 0.25) is 5.75 Å². The Bertz CT molecular complexity index is 538. The average molecular weight is 357 g/mol. The quantitative estimate of drug-likeness (QED) is 0.619. The van der Waals surface area contributed by atoms with Crippen molar-refractivity contribution in [3.05, 3.63) is 32.8 Å². The zero-order chi connectivity index (χ0) is 15.6. The number of nitrogens with zero attached hydrogens (tertiary/aromatic N) is 1. The average Bonchev–Trinajstić information content (AvgIpc) is 2.46. The summed E-state index contributed by atoms with van der Waals surface area (Å²) < 4.78 is 6.65. The van der Waals surface area contributed by atoms with Crippen molar-refractivity contribution in [2.45, 2.75) is 45.8 Å². The molecule has 1 aliphatic carbocycles. The van der Waals surface area contributed by atoms with E-state index in [4.69, 9.17) is 4.74 Å². The molecule has 6 heteroatoms. The van der Waals surface area contributed by atoms with E-state index in [-0.39, 0.29) is 17.2 Å². The van der Waals surface area contributed by atoms with Crippen LogP contribution in [0.4, 0.5) is 5.69 Å². The van der Waals surface area contributed by atoms with Gasteiger partial charge in [0.05, 0.1) is 9.40 Å². The first-order valence-corrected chi connectivity index (χ1v) is 8.06. The smallest absolute Gasteiger partial charge is 0.312 e. The molecule has 1 N–H and O–H groups in total. The molecule has 0 bridgehead atoms. The fraction of sp³-hybridized carbons (Fsp3) is 0.600. The second-order valence-corrected chi connectivity index (χ2v) is 6.51. The van der Waals surface area contributed by atoms with Crippen LogP contribution in [0.1, 0.15) is 33.6 Å². The molecular formula is C15H21BrN2O3. The molecule has 3 atom stereocenters. The molecule has 0 saturated heterocycles. The Hall–Kier alpha value is -1.14. The summed E-state index contributed by atoms with van der Waals surface area (Å²) in [5.41, 5.74) is 0.00817. The summed E-state index contributed by atoms with van der Waals surface area (Å²) in [4.78, 5) is 10.8. The molecule has 5 nitrogen and oxygen atoms in total. The molecular weight excluding hydrogens is 336 g/mol. The second-order valence-electron chi connectivity index (χ2n) is 5.66. The number of nitro groups is 1.